The predicted molar refractivity (Wildman–Crippen MR) is 165 cm³/mol. The first-order chi connectivity index (χ1) is 19.8. The van der Waals surface area contributed by atoms with Gasteiger partial charge >= 0.3 is 0 Å². The summed E-state index contributed by atoms with van der Waals surface area (Å²) in [6.45, 7) is 4.04. The number of anilines is 2. The monoisotopic (exact) mass is 565 g/mol. The van der Waals surface area contributed by atoms with E-state index in [2.05, 4.69) is 16.0 Å². The average Bonchev–Trinajstić information content (AvgIpc) is 2.99. The summed E-state index contributed by atoms with van der Waals surface area (Å²) >= 11 is 1.39. The van der Waals surface area contributed by atoms with E-state index >= 15 is 0 Å². The highest BCUT2D eigenvalue weighted by atomic mass is 32.2. The minimum atomic E-state index is -0.492. The van der Waals surface area contributed by atoms with E-state index < -0.39 is 11.8 Å². The van der Waals surface area contributed by atoms with E-state index in [9.17, 15) is 14.4 Å². The number of amides is 3. The molecule has 0 spiro atoms. The molecule has 3 N–H and O–H groups in total. The summed E-state index contributed by atoms with van der Waals surface area (Å²) in [5, 5.41) is 8.49. The zero-order valence-corrected chi connectivity index (χ0v) is 23.9. The highest BCUT2D eigenvalue weighted by molar-refractivity contribution is 8.00. The van der Waals surface area contributed by atoms with Gasteiger partial charge in [0.15, 0.2) is 0 Å². The number of thioether (sulfide) groups is 1. The Bertz CT molecular complexity index is 1570. The maximum atomic E-state index is 13.3. The van der Waals surface area contributed by atoms with Crippen LogP contribution in [0.2, 0.25) is 0 Å². The minimum absolute atomic E-state index is 0.0600. The lowest BCUT2D eigenvalue weighted by Gasteiger charge is -2.13. The summed E-state index contributed by atoms with van der Waals surface area (Å²) in [7, 11) is 1.54. The van der Waals surface area contributed by atoms with E-state index in [1.807, 2.05) is 62.4 Å². The van der Waals surface area contributed by atoms with Crippen molar-refractivity contribution in [2.45, 2.75) is 18.7 Å². The fraction of sp³-hybridized carbons (Fsp3) is 0.121. The maximum Gasteiger partial charge on any atom is 0.272 e. The second kappa shape index (κ2) is 14.0. The molecule has 0 unspecified atom stereocenters. The zero-order valence-electron chi connectivity index (χ0n) is 23.1. The van der Waals surface area contributed by atoms with Crippen LogP contribution in [-0.2, 0) is 9.59 Å². The molecule has 0 fully saturated rings. The number of para-hydroxylation sites is 1. The van der Waals surface area contributed by atoms with E-state index in [-0.39, 0.29) is 17.4 Å². The molecule has 0 atom stereocenters. The number of methoxy groups -OCH3 is 1. The highest BCUT2D eigenvalue weighted by Crippen LogP contribution is 2.23. The molecular formula is C33H31N3O4S. The van der Waals surface area contributed by atoms with Gasteiger partial charge in [0, 0.05) is 27.4 Å². The molecule has 4 aromatic rings. The van der Waals surface area contributed by atoms with Crippen molar-refractivity contribution < 1.29 is 19.1 Å². The summed E-state index contributed by atoms with van der Waals surface area (Å²) in [4.78, 5) is 39.5. The van der Waals surface area contributed by atoms with Crippen molar-refractivity contribution in [1.29, 1.82) is 0 Å². The van der Waals surface area contributed by atoms with E-state index in [0.29, 0.717) is 22.6 Å². The Hall–Kier alpha value is -4.82. The lowest BCUT2D eigenvalue weighted by Crippen LogP contribution is -2.30. The van der Waals surface area contributed by atoms with Gasteiger partial charge in [-0.25, -0.2) is 0 Å². The van der Waals surface area contributed by atoms with E-state index in [1.165, 1.54) is 17.3 Å². The maximum absolute atomic E-state index is 13.3. The molecule has 0 aromatic heterocycles. The van der Waals surface area contributed by atoms with Gasteiger partial charge in [-0.2, -0.15) is 0 Å². The first-order valence-electron chi connectivity index (χ1n) is 12.9. The lowest BCUT2D eigenvalue weighted by molar-refractivity contribution is -0.114. The van der Waals surface area contributed by atoms with Gasteiger partial charge in [0.25, 0.3) is 11.8 Å². The molecule has 4 aromatic carbocycles. The van der Waals surface area contributed by atoms with Gasteiger partial charge < -0.3 is 20.7 Å². The number of carbonyl (C=O) groups excluding carboxylic acids is 3. The zero-order chi connectivity index (χ0) is 29.2. The quantitative estimate of drug-likeness (QED) is 0.152. The van der Waals surface area contributed by atoms with Crippen molar-refractivity contribution in [1.82, 2.24) is 5.32 Å². The van der Waals surface area contributed by atoms with Crippen molar-refractivity contribution >= 4 is 46.9 Å². The number of ether oxygens (including phenoxy) is 1. The topological polar surface area (TPSA) is 96.5 Å². The number of hydrogen-bond donors (Lipinski definition) is 3. The number of aryl methyl sites for hydroxylation is 2. The Morgan fingerprint density at radius 2 is 1.46 bits per heavy atom. The van der Waals surface area contributed by atoms with Gasteiger partial charge in [-0.05, 0) is 85.6 Å². The SMILES string of the molecule is COc1ccccc1/C=C(\NC(=O)c1ccccc1)C(=O)Nc1ccc(SCC(=O)Nc2ccc(C)c(C)c2)cc1. The molecule has 3 amide bonds. The number of rotatable bonds is 10. The van der Waals surface area contributed by atoms with Crippen molar-refractivity contribution in [3.05, 3.63) is 125 Å². The van der Waals surface area contributed by atoms with Gasteiger partial charge in [0.05, 0.1) is 12.9 Å². The van der Waals surface area contributed by atoms with Crippen LogP contribution in [0.1, 0.15) is 27.0 Å². The average molecular weight is 566 g/mol. The summed E-state index contributed by atoms with van der Waals surface area (Å²) < 4.78 is 5.41. The van der Waals surface area contributed by atoms with Crippen LogP contribution in [0.3, 0.4) is 0 Å². The van der Waals surface area contributed by atoms with Crippen molar-refractivity contribution in [2.24, 2.45) is 0 Å². The molecule has 0 aliphatic rings. The van der Waals surface area contributed by atoms with Gasteiger partial charge in [0.2, 0.25) is 5.91 Å². The van der Waals surface area contributed by atoms with E-state index in [1.54, 1.807) is 61.7 Å². The van der Waals surface area contributed by atoms with Crippen LogP contribution in [0.25, 0.3) is 6.08 Å². The molecule has 0 aliphatic heterocycles. The molecule has 0 saturated carbocycles. The number of hydrogen-bond acceptors (Lipinski definition) is 5. The molecular weight excluding hydrogens is 534 g/mol. The Balaban J connectivity index is 1.42. The molecule has 208 valence electrons. The van der Waals surface area contributed by atoms with Crippen LogP contribution in [0.15, 0.2) is 108 Å². The van der Waals surface area contributed by atoms with Crippen molar-refractivity contribution in [3.8, 4) is 5.75 Å². The van der Waals surface area contributed by atoms with Gasteiger partial charge in [-0.3, -0.25) is 14.4 Å². The Morgan fingerprint density at radius 3 is 2.17 bits per heavy atom. The summed E-state index contributed by atoms with van der Waals surface area (Å²) in [6, 6.07) is 28.9. The van der Waals surface area contributed by atoms with Gasteiger partial charge in [0.1, 0.15) is 11.4 Å². The van der Waals surface area contributed by atoms with Crippen molar-refractivity contribution in [2.75, 3.05) is 23.5 Å². The van der Waals surface area contributed by atoms with Gasteiger partial charge in [-0.1, -0.05) is 42.5 Å². The lowest BCUT2D eigenvalue weighted by atomic mass is 10.1. The highest BCUT2D eigenvalue weighted by Gasteiger charge is 2.16. The van der Waals surface area contributed by atoms with Crippen LogP contribution >= 0.6 is 11.8 Å². The normalized spacial score (nSPS) is 11.0. The first kappa shape index (κ1) is 29.2. The molecule has 8 heteroatoms. The Kier molecular flexibility index (Phi) is 9.96. The molecule has 0 saturated heterocycles. The largest absolute Gasteiger partial charge is 0.496 e. The minimum Gasteiger partial charge on any atom is -0.496 e. The summed E-state index contributed by atoms with van der Waals surface area (Å²) in [6.07, 6.45) is 1.58. The molecule has 41 heavy (non-hydrogen) atoms. The Labute approximate surface area is 244 Å². The number of nitrogens with one attached hydrogen (secondary N) is 3. The fourth-order valence-corrected chi connectivity index (χ4v) is 4.58. The van der Waals surface area contributed by atoms with Crippen LogP contribution in [0.5, 0.6) is 5.75 Å². The predicted octanol–water partition coefficient (Wildman–Crippen LogP) is 6.45. The number of carbonyl (C=O) groups is 3. The van der Waals surface area contributed by atoms with E-state index in [4.69, 9.17) is 4.74 Å². The first-order valence-corrected chi connectivity index (χ1v) is 13.9. The van der Waals surface area contributed by atoms with Crippen LogP contribution < -0.4 is 20.7 Å². The second-order valence-electron chi connectivity index (χ2n) is 9.23. The summed E-state index contributed by atoms with van der Waals surface area (Å²) in [5.41, 5.74) is 4.73. The fourth-order valence-electron chi connectivity index (χ4n) is 3.88. The second-order valence-corrected chi connectivity index (χ2v) is 10.3. The third kappa shape index (κ3) is 8.33. The summed E-state index contributed by atoms with van der Waals surface area (Å²) in [5.74, 6) is -0.192. The molecule has 0 heterocycles. The molecule has 4 rings (SSSR count). The van der Waals surface area contributed by atoms with Gasteiger partial charge in [-0.15, -0.1) is 11.8 Å². The third-order valence-corrected chi connectivity index (χ3v) is 7.25. The smallest absolute Gasteiger partial charge is 0.272 e. The van der Waals surface area contributed by atoms with Crippen LogP contribution in [0.4, 0.5) is 11.4 Å². The van der Waals surface area contributed by atoms with Crippen LogP contribution in [0, 0.1) is 13.8 Å². The molecule has 0 bridgehead atoms. The number of benzene rings is 4. The Morgan fingerprint density at radius 1 is 0.780 bits per heavy atom. The van der Waals surface area contributed by atoms with E-state index in [0.717, 1.165) is 16.1 Å². The molecule has 0 radical (unpaired) electrons. The van der Waals surface area contributed by atoms with Crippen molar-refractivity contribution in [3.63, 3.8) is 0 Å². The molecule has 0 aliphatic carbocycles. The van der Waals surface area contributed by atoms with Crippen LogP contribution in [-0.4, -0.2) is 30.6 Å². The molecule has 7 nitrogen and oxygen atoms in total. The standard InChI is InChI=1S/C33H31N3O4S/c1-22-13-14-27(19-23(22)2)34-31(37)21-41-28-17-15-26(16-18-28)35-33(39)29(20-25-11-7-8-12-30(25)40-3)36-32(38)24-9-5-4-6-10-24/h4-20H,21H2,1-3H3,(H,34,37)(H,35,39)(H,36,38)/b29-20-. The third-order valence-electron chi connectivity index (χ3n) is 6.24.